The fourth-order valence-corrected chi connectivity index (χ4v) is 3.09. The van der Waals surface area contributed by atoms with Crippen molar-refractivity contribution >= 4 is 23.1 Å². The van der Waals surface area contributed by atoms with Crippen LogP contribution in [-0.2, 0) is 6.18 Å². The molecule has 0 atom stereocenters. The maximum atomic E-state index is 14.6. The number of ether oxygens (including phenoxy) is 1. The van der Waals surface area contributed by atoms with Crippen molar-refractivity contribution in [2.45, 2.75) is 6.18 Å². The lowest BCUT2D eigenvalue weighted by molar-refractivity contribution is -0.143. The van der Waals surface area contributed by atoms with E-state index in [9.17, 15) is 22.4 Å². The van der Waals surface area contributed by atoms with Gasteiger partial charge in [0.05, 0.1) is 17.4 Å². The molecular formula is C22H16F4N6O2. The number of carbonyl (C=O) groups is 1. The van der Waals surface area contributed by atoms with Crippen molar-refractivity contribution in [3.8, 4) is 17.2 Å². The molecule has 4 rings (SSSR count). The van der Waals surface area contributed by atoms with Crippen LogP contribution in [0.1, 0.15) is 16.1 Å². The van der Waals surface area contributed by atoms with Crippen LogP contribution in [0, 0.1) is 5.82 Å². The number of amides is 1. The Morgan fingerprint density at radius 1 is 1.03 bits per heavy atom. The molecule has 12 heteroatoms. The van der Waals surface area contributed by atoms with Crippen molar-refractivity contribution in [3.63, 3.8) is 0 Å². The third-order valence-corrected chi connectivity index (χ3v) is 4.67. The number of nitrogens with zero attached hydrogens (tertiary/aromatic N) is 3. The van der Waals surface area contributed by atoms with Crippen molar-refractivity contribution in [3.05, 3.63) is 84.1 Å². The Morgan fingerprint density at radius 3 is 2.44 bits per heavy atom. The fourth-order valence-electron chi connectivity index (χ4n) is 3.09. The standard InChI is InChI=1S/C22H16F4N6O2/c23-15-10-12(6-7-16(15)34-17-8-9-29-20(28)18(17)27)31-21(33)14-11-30-32(19(14)22(24,25)26)13-4-2-1-3-5-13/h1-11H,27H2,(H2,28,29)(H,31,33). The molecule has 0 aliphatic carbocycles. The molecule has 0 aliphatic rings. The summed E-state index contributed by atoms with van der Waals surface area (Å²) in [4.78, 5) is 16.4. The van der Waals surface area contributed by atoms with Gasteiger partial charge in [0.15, 0.2) is 23.0 Å². The van der Waals surface area contributed by atoms with E-state index in [1.807, 2.05) is 0 Å². The second-order valence-electron chi connectivity index (χ2n) is 6.96. The first-order valence-corrected chi connectivity index (χ1v) is 9.64. The highest BCUT2D eigenvalue weighted by atomic mass is 19.4. The van der Waals surface area contributed by atoms with Gasteiger partial charge in [0.1, 0.15) is 11.5 Å². The first-order chi connectivity index (χ1) is 16.1. The Morgan fingerprint density at radius 2 is 1.76 bits per heavy atom. The molecule has 2 aromatic carbocycles. The molecule has 0 unspecified atom stereocenters. The van der Waals surface area contributed by atoms with Gasteiger partial charge in [-0.3, -0.25) is 4.79 Å². The van der Waals surface area contributed by atoms with Crippen LogP contribution >= 0.6 is 0 Å². The minimum absolute atomic E-state index is 0.00157. The van der Waals surface area contributed by atoms with Crippen LogP contribution in [0.25, 0.3) is 5.69 Å². The highest BCUT2D eigenvalue weighted by molar-refractivity contribution is 6.05. The number of benzene rings is 2. The van der Waals surface area contributed by atoms with Crippen molar-refractivity contribution < 1.29 is 27.1 Å². The smallest absolute Gasteiger partial charge is 0.434 e. The van der Waals surface area contributed by atoms with Crippen molar-refractivity contribution in [1.29, 1.82) is 0 Å². The van der Waals surface area contributed by atoms with Crippen LogP contribution in [0.5, 0.6) is 11.5 Å². The maximum Gasteiger partial charge on any atom is 0.434 e. The summed E-state index contributed by atoms with van der Waals surface area (Å²) in [5.41, 5.74) is 9.37. The molecule has 4 aromatic rings. The van der Waals surface area contributed by atoms with E-state index in [0.717, 1.165) is 12.3 Å². The number of alkyl halides is 3. The molecule has 0 aliphatic heterocycles. The van der Waals surface area contributed by atoms with E-state index in [0.29, 0.717) is 4.68 Å². The SMILES string of the molecule is Nc1nccc(Oc2ccc(NC(=O)c3cnn(-c4ccccc4)c3C(F)(F)F)cc2F)c1N. The summed E-state index contributed by atoms with van der Waals surface area (Å²) in [6.07, 6.45) is -2.76. The summed E-state index contributed by atoms with van der Waals surface area (Å²) in [5, 5.41) is 5.97. The van der Waals surface area contributed by atoms with Crippen LogP contribution in [0.2, 0.25) is 0 Å². The zero-order valence-corrected chi connectivity index (χ0v) is 17.2. The molecular weight excluding hydrogens is 456 g/mol. The fraction of sp³-hybridized carbons (Fsp3) is 0.0455. The van der Waals surface area contributed by atoms with Gasteiger partial charge in [-0.15, -0.1) is 0 Å². The van der Waals surface area contributed by atoms with Crippen molar-refractivity contribution in [2.24, 2.45) is 0 Å². The minimum atomic E-state index is -4.88. The Labute approximate surface area is 189 Å². The Balaban J connectivity index is 1.59. The van der Waals surface area contributed by atoms with Gasteiger partial charge in [0.2, 0.25) is 0 Å². The van der Waals surface area contributed by atoms with E-state index >= 15 is 0 Å². The van der Waals surface area contributed by atoms with Gasteiger partial charge in [0, 0.05) is 24.0 Å². The van der Waals surface area contributed by atoms with Crippen LogP contribution in [-0.4, -0.2) is 20.7 Å². The molecule has 1 amide bonds. The normalized spacial score (nSPS) is 11.3. The molecule has 8 nitrogen and oxygen atoms in total. The molecule has 0 bridgehead atoms. The number of rotatable bonds is 5. The second kappa shape index (κ2) is 8.73. The van der Waals surface area contributed by atoms with E-state index in [4.69, 9.17) is 16.2 Å². The van der Waals surface area contributed by atoms with E-state index < -0.39 is 29.2 Å². The maximum absolute atomic E-state index is 14.6. The van der Waals surface area contributed by atoms with Gasteiger partial charge in [-0.05, 0) is 24.3 Å². The Bertz CT molecular complexity index is 1360. The number of para-hydroxylation sites is 1. The van der Waals surface area contributed by atoms with Gasteiger partial charge >= 0.3 is 6.18 Å². The topological polar surface area (TPSA) is 121 Å². The van der Waals surface area contributed by atoms with Crippen molar-refractivity contribution in [2.75, 3.05) is 16.8 Å². The van der Waals surface area contributed by atoms with Crippen LogP contribution in [0.4, 0.5) is 34.8 Å². The first-order valence-electron chi connectivity index (χ1n) is 9.64. The lowest BCUT2D eigenvalue weighted by Crippen LogP contribution is -2.20. The lowest BCUT2D eigenvalue weighted by Gasteiger charge is -2.13. The highest BCUT2D eigenvalue weighted by Crippen LogP contribution is 2.35. The molecule has 174 valence electrons. The zero-order chi connectivity index (χ0) is 24.5. The summed E-state index contributed by atoms with van der Waals surface area (Å²) >= 11 is 0. The molecule has 0 radical (unpaired) electrons. The first kappa shape index (κ1) is 22.6. The summed E-state index contributed by atoms with van der Waals surface area (Å²) in [5.74, 6) is -2.20. The Hall–Kier alpha value is -4.61. The molecule has 0 saturated carbocycles. The Kier molecular flexibility index (Phi) is 5.80. The number of hydrogen-bond acceptors (Lipinski definition) is 6. The number of pyridine rings is 1. The molecule has 5 N–H and O–H groups in total. The number of anilines is 3. The molecule has 34 heavy (non-hydrogen) atoms. The number of nitrogens with two attached hydrogens (primary N) is 2. The van der Waals surface area contributed by atoms with E-state index in [-0.39, 0.29) is 34.4 Å². The van der Waals surface area contributed by atoms with Gasteiger partial charge in [-0.25, -0.2) is 14.1 Å². The van der Waals surface area contributed by atoms with E-state index in [1.54, 1.807) is 6.07 Å². The van der Waals surface area contributed by atoms with Crippen LogP contribution < -0.4 is 21.5 Å². The average Bonchev–Trinajstić information content (AvgIpc) is 3.25. The van der Waals surface area contributed by atoms with Gasteiger partial charge < -0.3 is 21.5 Å². The monoisotopic (exact) mass is 472 g/mol. The summed E-state index contributed by atoms with van der Waals surface area (Å²) < 4.78 is 61.9. The van der Waals surface area contributed by atoms with Gasteiger partial charge in [-0.2, -0.15) is 18.3 Å². The second-order valence-corrected chi connectivity index (χ2v) is 6.96. The lowest BCUT2D eigenvalue weighted by atomic mass is 10.2. The molecule has 0 spiro atoms. The summed E-state index contributed by atoms with van der Waals surface area (Å²) in [6, 6.07) is 12.3. The third-order valence-electron chi connectivity index (χ3n) is 4.67. The largest absolute Gasteiger partial charge is 0.452 e. The van der Waals surface area contributed by atoms with Gasteiger partial charge in [0.25, 0.3) is 5.91 Å². The quantitative estimate of drug-likeness (QED) is 0.364. The van der Waals surface area contributed by atoms with Crippen molar-refractivity contribution in [1.82, 2.24) is 14.8 Å². The molecule has 2 heterocycles. The molecule has 0 fully saturated rings. The van der Waals surface area contributed by atoms with Crippen LogP contribution in [0.15, 0.2) is 67.0 Å². The minimum Gasteiger partial charge on any atom is -0.452 e. The zero-order valence-electron chi connectivity index (χ0n) is 17.2. The number of carbonyl (C=O) groups excluding carboxylic acids is 1. The molecule has 0 saturated heterocycles. The predicted molar refractivity (Wildman–Crippen MR) is 116 cm³/mol. The number of nitrogens with one attached hydrogen (secondary N) is 1. The van der Waals surface area contributed by atoms with E-state index in [2.05, 4.69) is 15.4 Å². The number of aromatic nitrogens is 3. The number of nitrogen functional groups attached to an aromatic ring is 2. The number of hydrogen-bond donors (Lipinski definition) is 3. The number of halogens is 4. The van der Waals surface area contributed by atoms with E-state index in [1.165, 1.54) is 48.7 Å². The van der Waals surface area contributed by atoms with Crippen LogP contribution in [0.3, 0.4) is 0 Å². The predicted octanol–water partition coefficient (Wildman–Crippen LogP) is 4.63. The average molecular weight is 472 g/mol. The molecule has 2 aromatic heterocycles. The summed E-state index contributed by atoms with van der Waals surface area (Å²) in [6.45, 7) is 0. The van der Waals surface area contributed by atoms with Gasteiger partial charge in [-0.1, -0.05) is 18.2 Å². The third kappa shape index (κ3) is 4.46. The summed E-state index contributed by atoms with van der Waals surface area (Å²) in [7, 11) is 0. The highest BCUT2D eigenvalue weighted by Gasteiger charge is 2.40.